The van der Waals surface area contributed by atoms with Crippen molar-refractivity contribution in [2.45, 2.75) is 73.0 Å². The quantitative estimate of drug-likeness (QED) is 0.446. The molecular formula is C28H44N4O. The minimum absolute atomic E-state index is 0.165. The lowest BCUT2D eigenvalue weighted by atomic mass is 10.1. The molecule has 0 bridgehead atoms. The van der Waals surface area contributed by atoms with Gasteiger partial charge in [-0.2, -0.15) is 5.26 Å². The molecule has 1 aromatic heterocycles. The van der Waals surface area contributed by atoms with Gasteiger partial charge >= 0.3 is 0 Å². The Morgan fingerprint density at radius 3 is 2.73 bits per heavy atom. The molecule has 2 heterocycles. The summed E-state index contributed by atoms with van der Waals surface area (Å²) in [4.78, 5) is 9.55. The molecule has 0 saturated heterocycles. The van der Waals surface area contributed by atoms with Gasteiger partial charge in [0, 0.05) is 50.6 Å². The van der Waals surface area contributed by atoms with E-state index in [1.54, 1.807) is 0 Å². The van der Waals surface area contributed by atoms with Gasteiger partial charge in [-0.3, -0.25) is 4.90 Å². The number of ether oxygens (including phenoxy) is 1. The van der Waals surface area contributed by atoms with Crippen LogP contribution >= 0.6 is 0 Å². The monoisotopic (exact) mass is 452 g/mol. The van der Waals surface area contributed by atoms with E-state index in [2.05, 4.69) is 53.8 Å². The summed E-state index contributed by atoms with van der Waals surface area (Å²) in [6.07, 6.45) is 13.0. The normalized spacial score (nSPS) is 22.5. The largest absolute Gasteiger partial charge is 0.475 e. The zero-order chi connectivity index (χ0) is 24.1. The number of nitriles is 1. The molecule has 0 aromatic carbocycles. The topological polar surface area (TPSA) is 52.4 Å². The number of allylic oxidation sites excluding steroid dienone is 2. The van der Waals surface area contributed by atoms with Crippen molar-refractivity contribution in [3.05, 3.63) is 47.7 Å². The summed E-state index contributed by atoms with van der Waals surface area (Å²) in [5, 5.41) is 9.18. The summed E-state index contributed by atoms with van der Waals surface area (Å²) in [6.45, 7) is 16.8. The zero-order valence-electron chi connectivity index (χ0n) is 21.5. The Morgan fingerprint density at radius 2 is 2.09 bits per heavy atom. The lowest BCUT2D eigenvalue weighted by molar-refractivity contribution is 0.170. The Morgan fingerprint density at radius 1 is 1.30 bits per heavy atom. The van der Waals surface area contributed by atoms with Crippen molar-refractivity contribution in [1.82, 2.24) is 14.8 Å². The van der Waals surface area contributed by atoms with Crippen molar-refractivity contribution in [3.63, 3.8) is 0 Å². The Bertz CT molecular complexity index is 776. The predicted molar refractivity (Wildman–Crippen MR) is 137 cm³/mol. The first-order chi connectivity index (χ1) is 16.1. The van der Waals surface area contributed by atoms with Crippen molar-refractivity contribution in [1.29, 1.82) is 5.26 Å². The van der Waals surface area contributed by atoms with Crippen molar-refractivity contribution >= 4 is 0 Å². The molecule has 2 atom stereocenters. The Hall–Kier alpha value is -2.16. The van der Waals surface area contributed by atoms with E-state index < -0.39 is 0 Å². The minimum Gasteiger partial charge on any atom is -0.475 e. The molecule has 5 nitrogen and oxygen atoms in total. The molecule has 0 N–H and O–H groups in total. The van der Waals surface area contributed by atoms with Crippen molar-refractivity contribution in [2.24, 2.45) is 11.8 Å². The van der Waals surface area contributed by atoms with Crippen LogP contribution in [0.3, 0.4) is 0 Å². The van der Waals surface area contributed by atoms with Crippen LogP contribution < -0.4 is 4.74 Å². The van der Waals surface area contributed by atoms with Crippen LogP contribution in [0.1, 0.15) is 65.9 Å². The Kier molecular flexibility index (Phi) is 12.2. The van der Waals surface area contributed by atoms with Gasteiger partial charge in [0.1, 0.15) is 0 Å². The van der Waals surface area contributed by atoms with Gasteiger partial charge in [0.15, 0.2) is 0 Å². The van der Waals surface area contributed by atoms with E-state index in [9.17, 15) is 5.26 Å². The number of hydrogen-bond acceptors (Lipinski definition) is 5. The number of pyridine rings is 1. The van der Waals surface area contributed by atoms with E-state index >= 15 is 0 Å². The van der Waals surface area contributed by atoms with E-state index in [0.717, 1.165) is 57.1 Å². The fraction of sp³-hybridized carbons (Fsp3) is 0.643. The number of aromatic nitrogens is 1. The first-order valence-corrected chi connectivity index (χ1v) is 12.9. The van der Waals surface area contributed by atoms with Crippen molar-refractivity contribution in [3.8, 4) is 11.9 Å². The maximum absolute atomic E-state index is 9.18. The first kappa shape index (κ1) is 27.1. The molecule has 5 heteroatoms. The molecule has 1 saturated carbocycles. The second kappa shape index (κ2) is 14.9. The Balaban J connectivity index is 0.00000187. The molecule has 0 radical (unpaired) electrons. The third-order valence-electron chi connectivity index (χ3n) is 6.13. The highest BCUT2D eigenvalue weighted by molar-refractivity contribution is 5.33. The second-order valence-electron chi connectivity index (χ2n) is 9.19. The molecular weight excluding hydrogens is 408 g/mol. The van der Waals surface area contributed by atoms with Crippen LogP contribution in [0.25, 0.3) is 0 Å². The SMILES string of the molecule is CC.CCN(CCC(C)Oc1ccc(CN2CC/C=C(C#N)\C=C/C(C)C2)cn1)CC1CC1. The van der Waals surface area contributed by atoms with Gasteiger partial charge < -0.3 is 9.64 Å². The number of hydrogen-bond donors (Lipinski definition) is 0. The molecule has 1 fully saturated rings. The summed E-state index contributed by atoms with van der Waals surface area (Å²) in [5.74, 6) is 2.06. The van der Waals surface area contributed by atoms with E-state index in [-0.39, 0.29) is 6.10 Å². The molecule has 2 aliphatic rings. The molecule has 3 rings (SSSR count). The Labute approximate surface area is 202 Å². The summed E-state index contributed by atoms with van der Waals surface area (Å²) >= 11 is 0. The summed E-state index contributed by atoms with van der Waals surface area (Å²) in [5.41, 5.74) is 1.96. The minimum atomic E-state index is 0.165. The van der Waals surface area contributed by atoms with E-state index in [0.29, 0.717) is 11.8 Å². The molecule has 1 aromatic rings. The second-order valence-corrected chi connectivity index (χ2v) is 9.19. The van der Waals surface area contributed by atoms with Crippen LogP contribution in [-0.2, 0) is 6.54 Å². The summed E-state index contributed by atoms with van der Waals surface area (Å²) in [6, 6.07) is 6.39. The third kappa shape index (κ3) is 10.5. The van der Waals surface area contributed by atoms with E-state index in [1.807, 2.05) is 38.3 Å². The van der Waals surface area contributed by atoms with Gasteiger partial charge in [-0.05, 0) is 62.6 Å². The number of nitrogens with zero attached hydrogens (tertiary/aromatic N) is 4. The molecule has 182 valence electrons. The van der Waals surface area contributed by atoms with Gasteiger partial charge in [0.05, 0.1) is 12.2 Å². The van der Waals surface area contributed by atoms with E-state index in [4.69, 9.17) is 4.74 Å². The fourth-order valence-electron chi connectivity index (χ4n) is 4.03. The molecule has 0 spiro atoms. The van der Waals surface area contributed by atoms with Crippen LogP contribution in [0.5, 0.6) is 5.88 Å². The maximum atomic E-state index is 9.18. The standard InChI is InChI=1S/C26H38N4O.C2H6/c1-4-29(19-24-9-10-24)15-13-22(3)31-26-12-11-25(17-28-26)20-30-14-5-6-23(16-27)8-7-21(2)18-30;1-2/h6-8,11-12,17,21-22,24H,4-5,9-10,13-15,18-20H2,1-3H3;1-2H3/b8-7-,23-6+;. The highest BCUT2D eigenvalue weighted by atomic mass is 16.5. The molecule has 0 amide bonds. The third-order valence-corrected chi connectivity index (χ3v) is 6.13. The van der Waals surface area contributed by atoms with E-state index in [1.165, 1.54) is 24.9 Å². The van der Waals surface area contributed by atoms with Crippen LogP contribution in [0.4, 0.5) is 0 Å². The smallest absolute Gasteiger partial charge is 0.213 e. The lowest BCUT2D eigenvalue weighted by Crippen LogP contribution is -2.30. The van der Waals surface area contributed by atoms with Crippen molar-refractivity contribution < 1.29 is 4.74 Å². The average molecular weight is 453 g/mol. The zero-order valence-corrected chi connectivity index (χ0v) is 21.5. The van der Waals surface area contributed by atoms with Gasteiger partial charge in [-0.1, -0.05) is 45.9 Å². The van der Waals surface area contributed by atoms with Gasteiger partial charge in [-0.15, -0.1) is 0 Å². The molecule has 1 aliphatic carbocycles. The summed E-state index contributed by atoms with van der Waals surface area (Å²) in [7, 11) is 0. The van der Waals surface area contributed by atoms with Crippen LogP contribution in [0.2, 0.25) is 0 Å². The van der Waals surface area contributed by atoms with Gasteiger partial charge in [0.25, 0.3) is 0 Å². The molecule has 2 unspecified atom stereocenters. The van der Waals surface area contributed by atoms with Crippen LogP contribution in [-0.4, -0.2) is 53.6 Å². The van der Waals surface area contributed by atoms with Gasteiger partial charge in [0.2, 0.25) is 5.88 Å². The first-order valence-electron chi connectivity index (χ1n) is 12.9. The van der Waals surface area contributed by atoms with Crippen LogP contribution in [0, 0.1) is 23.2 Å². The van der Waals surface area contributed by atoms with Gasteiger partial charge in [-0.25, -0.2) is 4.98 Å². The average Bonchev–Trinajstić information content (AvgIpc) is 3.64. The highest BCUT2D eigenvalue weighted by Crippen LogP contribution is 2.29. The predicted octanol–water partition coefficient (Wildman–Crippen LogP) is 5.85. The lowest BCUT2D eigenvalue weighted by Gasteiger charge is -2.24. The number of rotatable bonds is 10. The van der Waals surface area contributed by atoms with Crippen LogP contribution in [0.15, 0.2) is 42.1 Å². The fourth-order valence-corrected chi connectivity index (χ4v) is 4.03. The van der Waals surface area contributed by atoms with Crippen molar-refractivity contribution in [2.75, 3.05) is 32.7 Å². The molecule has 1 aliphatic heterocycles. The highest BCUT2D eigenvalue weighted by Gasteiger charge is 2.23. The maximum Gasteiger partial charge on any atom is 0.213 e. The summed E-state index contributed by atoms with van der Waals surface area (Å²) < 4.78 is 6.07. The molecule has 33 heavy (non-hydrogen) atoms.